The Morgan fingerprint density at radius 3 is 2.67 bits per heavy atom. The molecule has 0 unspecified atom stereocenters. The molecule has 21 heavy (non-hydrogen) atoms. The standard InChI is InChI=1S/C18H29BrN2/c1-4-10-20-13-15-5-6-17(12-18(15)19)21(16-7-8-16)11-9-14(2)3/h5-6,12,14,16,20H,4,7-11,13H2,1-3H3. The van der Waals surface area contributed by atoms with E-state index >= 15 is 0 Å². The van der Waals surface area contributed by atoms with E-state index in [0.717, 1.165) is 25.0 Å². The summed E-state index contributed by atoms with van der Waals surface area (Å²) in [6, 6.07) is 7.65. The maximum Gasteiger partial charge on any atom is 0.0380 e. The molecule has 1 saturated carbocycles. The van der Waals surface area contributed by atoms with Crippen molar-refractivity contribution in [3.8, 4) is 0 Å². The first kappa shape index (κ1) is 16.8. The lowest BCUT2D eigenvalue weighted by molar-refractivity contribution is 0.570. The second-order valence-electron chi connectivity index (χ2n) is 6.56. The van der Waals surface area contributed by atoms with E-state index in [2.05, 4.69) is 65.1 Å². The van der Waals surface area contributed by atoms with Crippen LogP contribution in [0.3, 0.4) is 0 Å². The first-order valence-corrected chi connectivity index (χ1v) is 9.17. The predicted molar refractivity (Wildman–Crippen MR) is 96.0 cm³/mol. The fourth-order valence-corrected chi connectivity index (χ4v) is 3.07. The molecule has 0 atom stereocenters. The summed E-state index contributed by atoms with van der Waals surface area (Å²) in [6.07, 6.45) is 5.17. The molecule has 1 aromatic rings. The van der Waals surface area contributed by atoms with Crippen molar-refractivity contribution in [3.05, 3.63) is 28.2 Å². The number of nitrogens with zero attached hydrogens (tertiary/aromatic N) is 1. The Morgan fingerprint density at radius 2 is 2.10 bits per heavy atom. The Balaban J connectivity index is 2.02. The van der Waals surface area contributed by atoms with Crippen LogP contribution in [-0.2, 0) is 6.54 Å². The van der Waals surface area contributed by atoms with Gasteiger partial charge in [0, 0.05) is 29.3 Å². The van der Waals surface area contributed by atoms with E-state index in [-0.39, 0.29) is 0 Å². The van der Waals surface area contributed by atoms with Crippen LogP contribution in [0.15, 0.2) is 22.7 Å². The minimum Gasteiger partial charge on any atom is -0.369 e. The zero-order valence-corrected chi connectivity index (χ0v) is 15.2. The molecule has 1 aromatic carbocycles. The monoisotopic (exact) mass is 352 g/mol. The molecule has 118 valence electrons. The molecule has 1 aliphatic rings. The molecular formula is C18H29BrN2. The number of benzene rings is 1. The Morgan fingerprint density at radius 1 is 1.33 bits per heavy atom. The highest BCUT2D eigenvalue weighted by atomic mass is 79.9. The average Bonchev–Trinajstić information content (AvgIpc) is 3.26. The van der Waals surface area contributed by atoms with E-state index in [1.807, 2.05) is 0 Å². The fourth-order valence-electron chi connectivity index (χ4n) is 2.56. The third-order valence-electron chi connectivity index (χ3n) is 4.05. The van der Waals surface area contributed by atoms with Crippen molar-refractivity contribution in [2.24, 2.45) is 5.92 Å². The van der Waals surface area contributed by atoms with Crippen LogP contribution in [-0.4, -0.2) is 19.1 Å². The molecule has 0 bridgehead atoms. The van der Waals surface area contributed by atoms with Gasteiger partial charge in [-0.2, -0.15) is 0 Å². The third-order valence-corrected chi connectivity index (χ3v) is 4.78. The van der Waals surface area contributed by atoms with Crippen molar-refractivity contribution in [1.82, 2.24) is 5.32 Å². The summed E-state index contributed by atoms with van der Waals surface area (Å²) < 4.78 is 1.24. The predicted octanol–water partition coefficient (Wildman–Crippen LogP) is 4.96. The highest BCUT2D eigenvalue weighted by Crippen LogP contribution is 2.34. The van der Waals surface area contributed by atoms with Crippen molar-refractivity contribution < 1.29 is 0 Å². The molecule has 1 aliphatic carbocycles. The highest BCUT2D eigenvalue weighted by molar-refractivity contribution is 9.10. The van der Waals surface area contributed by atoms with Gasteiger partial charge in [0.05, 0.1) is 0 Å². The van der Waals surface area contributed by atoms with Crippen LogP contribution in [0.5, 0.6) is 0 Å². The van der Waals surface area contributed by atoms with Gasteiger partial charge >= 0.3 is 0 Å². The summed E-state index contributed by atoms with van der Waals surface area (Å²) in [5.41, 5.74) is 2.73. The summed E-state index contributed by atoms with van der Waals surface area (Å²) in [7, 11) is 0. The molecule has 1 fully saturated rings. The van der Waals surface area contributed by atoms with Crippen molar-refractivity contribution >= 4 is 21.6 Å². The van der Waals surface area contributed by atoms with E-state index in [1.165, 1.54) is 48.0 Å². The van der Waals surface area contributed by atoms with Gasteiger partial charge in [0.15, 0.2) is 0 Å². The van der Waals surface area contributed by atoms with Gasteiger partial charge < -0.3 is 10.2 Å². The summed E-state index contributed by atoms with van der Waals surface area (Å²) in [5.74, 6) is 0.771. The number of anilines is 1. The molecule has 2 rings (SSSR count). The lowest BCUT2D eigenvalue weighted by atomic mass is 10.1. The van der Waals surface area contributed by atoms with Gasteiger partial charge in [0.1, 0.15) is 0 Å². The zero-order valence-electron chi connectivity index (χ0n) is 13.7. The second-order valence-corrected chi connectivity index (χ2v) is 7.41. The largest absolute Gasteiger partial charge is 0.369 e. The molecule has 0 amide bonds. The van der Waals surface area contributed by atoms with Gasteiger partial charge in [0.2, 0.25) is 0 Å². The lowest BCUT2D eigenvalue weighted by Crippen LogP contribution is -2.27. The van der Waals surface area contributed by atoms with Crippen LogP contribution in [0.25, 0.3) is 0 Å². The average molecular weight is 353 g/mol. The molecule has 0 radical (unpaired) electrons. The minimum atomic E-state index is 0.771. The first-order valence-electron chi connectivity index (χ1n) is 8.37. The molecule has 0 spiro atoms. The number of hydrogen-bond acceptors (Lipinski definition) is 2. The smallest absolute Gasteiger partial charge is 0.0380 e. The van der Waals surface area contributed by atoms with Crippen LogP contribution in [0, 0.1) is 5.92 Å². The van der Waals surface area contributed by atoms with Gasteiger partial charge in [-0.25, -0.2) is 0 Å². The topological polar surface area (TPSA) is 15.3 Å². The number of hydrogen-bond donors (Lipinski definition) is 1. The Kier molecular flexibility index (Phi) is 6.56. The minimum absolute atomic E-state index is 0.771. The zero-order chi connectivity index (χ0) is 15.2. The highest BCUT2D eigenvalue weighted by Gasteiger charge is 2.29. The molecule has 3 heteroatoms. The lowest BCUT2D eigenvalue weighted by Gasteiger charge is -2.26. The summed E-state index contributed by atoms with van der Waals surface area (Å²) in [5, 5.41) is 3.47. The fraction of sp³-hybridized carbons (Fsp3) is 0.667. The molecule has 0 saturated heterocycles. The molecule has 0 heterocycles. The van der Waals surface area contributed by atoms with Gasteiger partial charge in [-0.05, 0) is 55.8 Å². The molecule has 1 N–H and O–H groups in total. The van der Waals surface area contributed by atoms with Crippen LogP contribution >= 0.6 is 15.9 Å². The SMILES string of the molecule is CCCNCc1ccc(N(CCC(C)C)C2CC2)cc1Br. The van der Waals surface area contributed by atoms with E-state index in [9.17, 15) is 0 Å². The molecule has 2 nitrogen and oxygen atoms in total. The van der Waals surface area contributed by atoms with E-state index < -0.39 is 0 Å². The van der Waals surface area contributed by atoms with Crippen LogP contribution in [0.1, 0.15) is 52.0 Å². The van der Waals surface area contributed by atoms with Crippen molar-refractivity contribution in [1.29, 1.82) is 0 Å². The van der Waals surface area contributed by atoms with Gasteiger partial charge in [-0.15, -0.1) is 0 Å². The van der Waals surface area contributed by atoms with E-state index in [1.54, 1.807) is 0 Å². The maximum absolute atomic E-state index is 3.75. The maximum atomic E-state index is 3.75. The normalized spacial score (nSPS) is 14.7. The summed E-state index contributed by atoms with van der Waals surface area (Å²) in [4.78, 5) is 2.61. The number of halogens is 1. The van der Waals surface area contributed by atoms with Gasteiger partial charge in [0.25, 0.3) is 0 Å². The summed E-state index contributed by atoms with van der Waals surface area (Å²) >= 11 is 3.75. The third kappa shape index (κ3) is 5.30. The Labute approximate surface area is 138 Å². The van der Waals surface area contributed by atoms with Gasteiger partial charge in [-0.3, -0.25) is 0 Å². The first-order chi connectivity index (χ1) is 10.1. The van der Waals surface area contributed by atoms with Crippen LogP contribution in [0.4, 0.5) is 5.69 Å². The molecule has 0 aliphatic heterocycles. The van der Waals surface area contributed by atoms with Crippen LogP contribution < -0.4 is 10.2 Å². The van der Waals surface area contributed by atoms with Gasteiger partial charge in [-0.1, -0.05) is 42.8 Å². The second kappa shape index (κ2) is 8.19. The quantitative estimate of drug-likeness (QED) is 0.631. The number of rotatable bonds is 9. The number of nitrogens with one attached hydrogen (secondary N) is 1. The van der Waals surface area contributed by atoms with Crippen molar-refractivity contribution in [2.75, 3.05) is 18.0 Å². The Hall–Kier alpha value is -0.540. The van der Waals surface area contributed by atoms with E-state index in [4.69, 9.17) is 0 Å². The Bertz CT molecular complexity index is 441. The van der Waals surface area contributed by atoms with Crippen LogP contribution in [0.2, 0.25) is 0 Å². The van der Waals surface area contributed by atoms with Crippen molar-refractivity contribution in [2.45, 2.75) is 59.0 Å². The van der Waals surface area contributed by atoms with E-state index in [0.29, 0.717) is 0 Å². The summed E-state index contributed by atoms with van der Waals surface area (Å²) in [6.45, 7) is 10.0. The van der Waals surface area contributed by atoms with Crippen molar-refractivity contribution in [3.63, 3.8) is 0 Å². The molecule has 0 aromatic heterocycles. The molecular weight excluding hydrogens is 324 g/mol.